The Balaban J connectivity index is 1.59. The van der Waals surface area contributed by atoms with Gasteiger partial charge in [0.05, 0.1) is 11.3 Å². The fraction of sp³-hybridized carbons (Fsp3) is 0.150. The molecule has 3 heterocycles. The fourth-order valence-corrected chi connectivity index (χ4v) is 2.75. The number of carbonyl (C=O) groups excluding carboxylic acids is 2. The zero-order chi connectivity index (χ0) is 19.5. The maximum atomic E-state index is 12.6. The molecule has 0 unspecified atom stereocenters. The molecule has 140 valence electrons. The topological polar surface area (TPSA) is 103 Å². The number of ketones is 1. The van der Waals surface area contributed by atoms with Crippen LogP contribution in [0.2, 0.25) is 0 Å². The lowest BCUT2D eigenvalue weighted by Gasteiger charge is -2.20. The van der Waals surface area contributed by atoms with Gasteiger partial charge in [-0.3, -0.25) is 14.6 Å². The van der Waals surface area contributed by atoms with Gasteiger partial charge in [-0.15, -0.1) is 0 Å². The third-order valence-corrected chi connectivity index (χ3v) is 4.12. The van der Waals surface area contributed by atoms with Crippen LogP contribution in [0, 0.1) is 0 Å². The Bertz CT molecular complexity index is 1040. The number of amides is 1. The van der Waals surface area contributed by atoms with Crippen LogP contribution in [-0.2, 0) is 0 Å². The van der Waals surface area contributed by atoms with Gasteiger partial charge in [0.1, 0.15) is 18.9 Å². The molecule has 0 radical (unpaired) electrons. The Morgan fingerprint density at radius 1 is 1.00 bits per heavy atom. The molecule has 1 amide bonds. The zero-order valence-corrected chi connectivity index (χ0v) is 15.0. The molecular formula is C20H16N4O4. The molecule has 8 heteroatoms. The number of fused-ring (bicyclic) bond motifs is 1. The lowest BCUT2D eigenvalue weighted by Crippen LogP contribution is -2.18. The third kappa shape index (κ3) is 3.52. The van der Waals surface area contributed by atoms with Crippen molar-refractivity contribution in [1.29, 1.82) is 0 Å². The van der Waals surface area contributed by atoms with E-state index in [0.29, 0.717) is 47.5 Å². The summed E-state index contributed by atoms with van der Waals surface area (Å²) in [5.74, 6) is 0.743. The minimum Gasteiger partial charge on any atom is -0.486 e. The summed E-state index contributed by atoms with van der Waals surface area (Å²) in [4.78, 5) is 37.2. The minimum atomic E-state index is -0.438. The maximum absolute atomic E-state index is 12.6. The first-order chi connectivity index (χ1) is 13.6. The normalized spacial score (nSPS) is 12.3. The molecule has 0 saturated heterocycles. The van der Waals surface area contributed by atoms with Crippen LogP contribution in [0.5, 0.6) is 11.5 Å². The van der Waals surface area contributed by atoms with Gasteiger partial charge in [0.2, 0.25) is 0 Å². The number of benzene rings is 1. The van der Waals surface area contributed by atoms with E-state index in [-0.39, 0.29) is 11.3 Å². The summed E-state index contributed by atoms with van der Waals surface area (Å²) in [6.45, 7) is 2.24. The van der Waals surface area contributed by atoms with Crippen molar-refractivity contribution in [2.24, 2.45) is 0 Å². The highest BCUT2D eigenvalue weighted by molar-refractivity contribution is 6.09. The quantitative estimate of drug-likeness (QED) is 0.698. The lowest BCUT2D eigenvalue weighted by atomic mass is 10.1. The monoisotopic (exact) mass is 376 g/mol. The van der Waals surface area contributed by atoms with Crippen LogP contribution < -0.4 is 14.8 Å². The first-order valence-corrected chi connectivity index (χ1v) is 8.61. The van der Waals surface area contributed by atoms with Gasteiger partial charge in [-0.1, -0.05) is 6.07 Å². The number of carbonyl (C=O) groups is 2. The number of rotatable bonds is 4. The van der Waals surface area contributed by atoms with Gasteiger partial charge in [-0.25, -0.2) is 9.97 Å². The average molecular weight is 376 g/mol. The van der Waals surface area contributed by atoms with Crippen molar-refractivity contribution < 1.29 is 19.1 Å². The Morgan fingerprint density at radius 3 is 2.36 bits per heavy atom. The van der Waals surface area contributed by atoms with Crippen molar-refractivity contribution >= 4 is 17.4 Å². The molecule has 0 fully saturated rings. The lowest BCUT2D eigenvalue weighted by molar-refractivity contribution is 0.101. The second-order valence-corrected chi connectivity index (χ2v) is 6.06. The van der Waals surface area contributed by atoms with Crippen LogP contribution in [0.4, 0.5) is 5.69 Å². The molecule has 1 aliphatic heterocycles. The average Bonchev–Trinajstić information content (AvgIpc) is 2.74. The van der Waals surface area contributed by atoms with E-state index < -0.39 is 5.91 Å². The predicted octanol–water partition coefficient (Wildman–Crippen LogP) is 2.76. The molecule has 0 saturated carbocycles. The highest BCUT2D eigenvalue weighted by Gasteiger charge is 2.20. The number of ether oxygens (including phenoxy) is 2. The number of hydrogen-bond donors (Lipinski definition) is 1. The smallest absolute Gasteiger partial charge is 0.258 e. The van der Waals surface area contributed by atoms with E-state index in [1.54, 1.807) is 30.5 Å². The van der Waals surface area contributed by atoms with E-state index in [4.69, 9.17) is 9.47 Å². The summed E-state index contributed by atoms with van der Waals surface area (Å²) in [6.07, 6.45) is 4.47. The first-order valence-electron chi connectivity index (χ1n) is 8.61. The van der Waals surface area contributed by atoms with Crippen molar-refractivity contribution in [3.05, 3.63) is 60.0 Å². The van der Waals surface area contributed by atoms with E-state index in [1.165, 1.54) is 19.3 Å². The Labute approximate surface area is 160 Å². The number of anilines is 1. The molecule has 1 N–H and O–H groups in total. The third-order valence-electron chi connectivity index (χ3n) is 4.12. The van der Waals surface area contributed by atoms with Crippen LogP contribution in [0.15, 0.2) is 48.9 Å². The van der Waals surface area contributed by atoms with E-state index in [0.717, 1.165) is 0 Å². The van der Waals surface area contributed by atoms with Crippen LogP contribution in [-0.4, -0.2) is 39.9 Å². The summed E-state index contributed by atoms with van der Waals surface area (Å²) in [5, 5.41) is 2.73. The standard InChI is InChI=1S/C20H16N4O4/c1-12(25)14-8-17-18(28-7-6-27-17)9-16(14)24-20(26)13-10-22-19(23-11-13)15-4-2-3-5-21-15/h2-5,8-11H,6-7H2,1H3,(H,24,26). The summed E-state index contributed by atoms with van der Waals surface area (Å²) in [7, 11) is 0. The second-order valence-electron chi connectivity index (χ2n) is 6.06. The van der Waals surface area contributed by atoms with E-state index in [2.05, 4.69) is 20.3 Å². The zero-order valence-electron chi connectivity index (χ0n) is 15.0. The van der Waals surface area contributed by atoms with Gasteiger partial charge in [-0.2, -0.15) is 0 Å². The van der Waals surface area contributed by atoms with Gasteiger partial charge in [-0.05, 0) is 25.1 Å². The SMILES string of the molecule is CC(=O)c1cc2c(cc1NC(=O)c1cnc(-c3ccccn3)nc1)OCCO2. The summed E-state index contributed by atoms with van der Waals surface area (Å²) >= 11 is 0. The van der Waals surface area contributed by atoms with Gasteiger partial charge < -0.3 is 14.8 Å². The second kappa shape index (κ2) is 7.43. The van der Waals surface area contributed by atoms with E-state index in [9.17, 15) is 9.59 Å². The largest absolute Gasteiger partial charge is 0.486 e. The number of aromatic nitrogens is 3. The number of hydrogen-bond acceptors (Lipinski definition) is 7. The number of nitrogens with one attached hydrogen (secondary N) is 1. The number of nitrogens with zero attached hydrogens (tertiary/aromatic N) is 3. The van der Waals surface area contributed by atoms with Crippen LogP contribution in [0.1, 0.15) is 27.6 Å². The Morgan fingerprint density at radius 2 is 1.71 bits per heavy atom. The molecule has 4 rings (SSSR count). The van der Waals surface area contributed by atoms with Crippen molar-refractivity contribution in [2.75, 3.05) is 18.5 Å². The molecule has 2 aromatic heterocycles. The number of pyridine rings is 1. The molecule has 1 aromatic carbocycles. The first kappa shape index (κ1) is 17.6. The molecule has 0 spiro atoms. The molecule has 0 atom stereocenters. The maximum Gasteiger partial charge on any atom is 0.258 e. The van der Waals surface area contributed by atoms with E-state index >= 15 is 0 Å². The minimum absolute atomic E-state index is 0.200. The van der Waals surface area contributed by atoms with Crippen molar-refractivity contribution in [1.82, 2.24) is 15.0 Å². The van der Waals surface area contributed by atoms with Gasteiger partial charge >= 0.3 is 0 Å². The summed E-state index contributed by atoms with van der Waals surface area (Å²) in [5.41, 5.74) is 1.54. The fourth-order valence-electron chi connectivity index (χ4n) is 2.75. The number of Topliss-reactive ketones (excluding diaryl/α,β-unsaturated/α-hetero) is 1. The van der Waals surface area contributed by atoms with Gasteiger partial charge in [0.25, 0.3) is 5.91 Å². The Hall–Kier alpha value is -3.81. The van der Waals surface area contributed by atoms with Crippen LogP contribution >= 0.6 is 0 Å². The molecule has 8 nitrogen and oxygen atoms in total. The van der Waals surface area contributed by atoms with Gasteiger partial charge in [0, 0.05) is 30.2 Å². The van der Waals surface area contributed by atoms with E-state index in [1.807, 2.05) is 6.07 Å². The van der Waals surface area contributed by atoms with Crippen molar-refractivity contribution in [2.45, 2.75) is 6.92 Å². The molecule has 28 heavy (non-hydrogen) atoms. The highest BCUT2D eigenvalue weighted by Crippen LogP contribution is 2.36. The summed E-state index contributed by atoms with van der Waals surface area (Å²) < 4.78 is 11.0. The van der Waals surface area contributed by atoms with Crippen molar-refractivity contribution in [3.8, 4) is 23.0 Å². The highest BCUT2D eigenvalue weighted by atomic mass is 16.6. The molecular weight excluding hydrogens is 360 g/mol. The summed E-state index contributed by atoms with van der Waals surface area (Å²) in [6, 6.07) is 8.57. The Kier molecular flexibility index (Phi) is 4.67. The predicted molar refractivity (Wildman–Crippen MR) is 101 cm³/mol. The molecule has 0 aliphatic carbocycles. The van der Waals surface area contributed by atoms with Gasteiger partial charge in [0.15, 0.2) is 23.1 Å². The van der Waals surface area contributed by atoms with Crippen LogP contribution in [0.25, 0.3) is 11.5 Å². The van der Waals surface area contributed by atoms with Crippen LogP contribution in [0.3, 0.4) is 0 Å². The molecule has 3 aromatic rings. The molecule has 1 aliphatic rings. The molecule has 0 bridgehead atoms. The van der Waals surface area contributed by atoms with Crippen molar-refractivity contribution in [3.63, 3.8) is 0 Å².